The number of aromatic nitrogens is 1. The number of pyridine rings is 1. The molecule has 2 heterocycles. The third kappa shape index (κ3) is 5.76. The molecule has 1 aromatic heterocycles. The van der Waals surface area contributed by atoms with Crippen molar-refractivity contribution < 1.29 is 9.59 Å². The number of nitrogens with zero attached hydrogens (tertiary/aromatic N) is 2. The van der Waals surface area contributed by atoms with Crippen LogP contribution in [-0.2, 0) is 0 Å². The van der Waals surface area contributed by atoms with Crippen LogP contribution in [0.4, 0.5) is 11.5 Å². The van der Waals surface area contributed by atoms with Crippen LogP contribution in [0.2, 0.25) is 0 Å². The Morgan fingerprint density at radius 1 is 0.917 bits per heavy atom. The van der Waals surface area contributed by atoms with Gasteiger partial charge in [-0.2, -0.15) is 0 Å². The first kappa shape index (κ1) is 24.0. The second-order valence-electron chi connectivity index (χ2n) is 10.3. The Kier molecular flexibility index (Phi) is 7.03. The Balaban J connectivity index is 1.27. The van der Waals surface area contributed by atoms with Gasteiger partial charge in [0, 0.05) is 42.6 Å². The normalized spacial score (nSPS) is 16.0. The average Bonchev–Trinajstić information content (AvgIpc) is 3.74. The van der Waals surface area contributed by atoms with Crippen molar-refractivity contribution in [3.8, 4) is 11.1 Å². The predicted octanol–water partition coefficient (Wildman–Crippen LogP) is 5.69. The molecule has 1 saturated heterocycles. The van der Waals surface area contributed by atoms with Crippen LogP contribution in [0.5, 0.6) is 0 Å². The molecule has 0 unspecified atom stereocenters. The molecule has 1 aliphatic heterocycles. The SMILES string of the molecule is Cc1ccc(NC(=O)c2ccnc(N3CCC(C)CC3)c2)cc1-c1ccc(C(=O)NCC2CC2)cc1. The maximum atomic E-state index is 13.1. The quantitative estimate of drug-likeness (QED) is 0.454. The molecule has 0 atom stereocenters. The molecule has 186 valence electrons. The van der Waals surface area contributed by atoms with Gasteiger partial charge in [-0.25, -0.2) is 4.98 Å². The lowest BCUT2D eigenvalue weighted by atomic mass is 9.98. The van der Waals surface area contributed by atoms with E-state index in [0.717, 1.165) is 66.6 Å². The summed E-state index contributed by atoms with van der Waals surface area (Å²) >= 11 is 0. The Labute approximate surface area is 213 Å². The van der Waals surface area contributed by atoms with E-state index < -0.39 is 0 Å². The summed E-state index contributed by atoms with van der Waals surface area (Å²) in [6.07, 6.45) is 6.44. The van der Waals surface area contributed by atoms with E-state index in [4.69, 9.17) is 0 Å². The van der Waals surface area contributed by atoms with Gasteiger partial charge in [0.15, 0.2) is 0 Å². The van der Waals surface area contributed by atoms with Gasteiger partial charge in [-0.05, 0) is 97.5 Å². The zero-order valence-corrected chi connectivity index (χ0v) is 21.1. The monoisotopic (exact) mass is 482 g/mol. The number of hydrogen-bond acceptors (Lipinski definition) is 4. The van der Waals surface area contributed by atoms with Gasteiger partial charge in [0.1, 0.15) is 5.82 Å². The molecule has 2 aliphatic rings. The van der Waals surface area contributed by atoms with Gasteiger partial charge in [0.2, 0.25) is 0 Å². The lowest BCUT2D eigenvalue weighted by Crippen LogP contribution is -2.33. The van der Waals surface area contributed by atoms with Crippen molar-refractivity contribution >= 4 is 23.3 Å². The molecule has 36 heavy (non-hydrogen) atoms. The van der Waals surface area contributed by atoms with Gasteiger partial charge in [0.25, 0.3) is 11.8 Å². The molecule has 1 saturated carbocycles. The van der Waals surface area contributed by atoms with Crippen LogP contribution >= 0.6 is 0 Å². The van der Waals surface area contributed by atoms with Crippen LogP contribution in [0, 0.1) is 18.8 Å². The van der Waals surface area contributed by atoms with E-state index in [1.165, 1.54) is 12.8 Å². The van der Waals surface area contributed by atoms with Crippen LogP contribution in [-0.4, -0.2) is 36.4 Å². The first-order valence-corrected chi connectivity index (χ1v) is 13.0. The molecule has 6 nitrogen and oxygen atoms in total. The first-order valence-electron chi connectivity index (χ1n) is 13.0. The average molecular weight is 483 g/mol. The number of nitrogens with one attached hydrogen (secondary N) is 2. The van der Waals surface area contributed by atoms with Crippen LogP contribution in [0.15, 0.2) is 60.8 Å². The fourth-order valence-corrected chi connectivity index (χ4v) is 4.65. The summed E-state index contributed by atoms with van der Waals surface area (Å²) in [5.74, 6) is 2.08. The minimum absolute atomic E-state index is 0.0260. The molecule has 0 bridgehead atoms. The van der Waals surface area contributed by atoms with Gasteiger partial charge in [-0.3, -0.25) is 9.59 Å². The Bertz CT molecular complexity index is 1240. The molecule has 6 heteroatoms. The van der Waals surface area contributed by atoms with Crippen LogP contribution in [0.25, 0.3) is 11.1 Å². The van der Waals surface area contributed by atoms with E-state index in [1.54, 1.807) is 12.3 Å². The number of aryl methyl sites for hydroxylation is 1. The van der Waals surface area contributed by atoms with E-state index in [1.807, 2.05) is 55.5 Å². The molecular weight excluding hydrogens is 448 g/mol. The molecule has 0 radical (unpaired) electrons. The highest BCUT2D eigenvalue weighted by Crippen LogP contribution is 2.29. The number of carbonyl (C=O) groups is 2. The van der Waals surface area contributed by atoms with Crippen molar-refractivity contribution in [2.75, 3.05) is 29.9 Å². The molecule has 2 amide bonds. The highest BCUT2D eigenvalue weighted by molar-refractivity contribution is 6.05. The molecule has 2 fully saturated rings. The number of amides is 2. The van der Waals surface area contributed by atoms with Gasteiger partial charge in [-0.1, -0.05) is 25.1 Å². The van der Waals surface area contributed by atoms with Crippen molar-refractivity contribution in [1.82, 2.24) is 10.3 Å². The number of hydrogen-bond donors (Lipinski definition) is 2. The van der Waals surface area contributed by atoms with Crippen molar-refractivity contribution in [3.05, 3.63) is 77.5 Å². The van der Waals surface area contributed by atoms with Gasteiger partial charge < -0.3 is 15.5 Å². The lowest BCUT2D eigenvalue weighted by molar-refractivity contribution is 0.0951. The summed E-state index contributed by atoms with van der Waals surface area (Å²) in [5.41, 5.74) is 5.13. The van der Waals surface area contributed by atoms with Crippen LogP contribution < -0.4 is 15.5 Å². The number of anilines is 2. The summed E-state index contributed by atoms with van der Waals surface area (Å²) in [4.78, 5) is 32.2. The molecule has 3 aromatic rings. The Morgan fingerprint density at radius 3 is 2.39 bits per heavy atom. The van der Waals surface area contributed by atoms with E-state index in [9.17, 15) is 9.59 Å². The van der Waals surface area contributed by atoms with E-state index in [0.29, 0.717) is 17.0 Å². The number of benzene rings is 2. The molecule has 5 rings (SSSR count). The van der Waals surface area contributed by atoms with Gasteiger partial charge in [-0.15, -0.1) is 0 Å². The number of rotatable bonds is 7. The Hall–Kier alpha value is -3.67. The minimum Gasteiger partial charge on any atom is -0.357 e. The highest BCUT2D eigenvalue weighted by Gasteiger charge is 2.22. The zero-order valence-electron chi connectivity index (χ0n) is 21.1. The summed E-state index contributed by atoms with van der Waals surface area (Å²) in [6.45, 7) is 7.04. The maximum absolute atomic E-state index is 13.1. The van der Waals surface area contributed by atoms with E-state index in [-0.39, 0.29) is 11.8 Å². The van der Waals surface area contributed by atoms with Crippen molar-refractivity contribution in [2.24, 2.45) is 11.8 Å². The third-order valence-electron chi connectivity index (χ3n) is 7.32. The van der Waals surface area contributed by atoms with Gasteiger partial charge in [0.05, 0.1) is 0 Å². The smallest absolute Gasteiger partial charge is 0.255 e. The topological polar surface area (TPSA) is 74.3 Å². The largest absolute Gasteiger partial charge is 0.357 e. The summed E-state index contributed by atoms with van der Waals surface area (Å²) in [6, 6.07) is 17.2. The van der Waals surface area contributed by atoms with Gasteiger partial charge >= 0.3 is 0 Å². The zero-order chi connectivity index (χ0) is 25.1. The number of piperidine rings is 1. The summed E-state index contributed by atoms with van der Waals surface area (Å²) in [5, 5.41) is 6.06. The minimum atomic E-state index is -0.151. The van der Waals surface area contributed by atoms with Crippen molar-refractivity contribution in [1.29, 1.82) is 0 Å². The molecule has 2 N–H and O–H groups in total. The maximum Gasteiger partial charge on any atom is 0.255 e. The first-order chi connectivity index (χ1) is 17.5. The predicted molar refractivity (Wildman–Crippen MR) is 144 cm³/mol. The summed E-state index contributed by atoms with van der Waals surface area (Å²) in [7, 11) is 0. The third-order valence-corrected chi connectivity index (χ3v) is 7.32. The lowest BCUT2D eigenvalue weighted by Gasteiger charge is -2.31. The second kappa shape index (κ2) is 10.5. The molecular formula is C30H34N4O2. The highest BCUT2D eigenvalue weighted by atomic mass is 16.2. The fraction of sp³-hybridized carbons (Fsp3) is 0.367. The molecule has 1 aliphatic carbocycles. The summed E-state index contributed by atoms with van der Waals surface area (Å²) < 4.78 is 0. The molecule has 0 spiro atoms. The van der Waals surface area contributed by atoms with E-state index >= 15 is 0 Å². The fourth-order valence-electron chi connectivity index (χ4n) is 4.65. The van der Waals surface area contributed by atoms with E-state index in [2.05, 4.69) is 27.4 Å². The second-order valence-corrected chi connectivity index (χ2v) is 10.3. The van der Waals surface area contributed by atoms with Crippen molar-refractivity contribution in [3.63, 3.8) is 0 Å². The molecule has 2 aromatic carbocycles. The Morgan fingerprint density at radius 2 is 1.67 bits per heavy atom. The standard InChI is InChI=1S/C30H34N4O2/c1-20-12-15-34(16-13-20)28-17-25(11-14-31-28)30(36)33-26-10-3-21(2)27(18-26)23-6-8-24(9-7-23)29(35)32-19-22-4-5-22/h3,6-11,14,17-18,20,22H,4-5,12-13,15-16,19H2,1-2H3,(H,32,35)(H,33,36). The number of carbonyl (C=O) groups excluding carboxylic acids is 2. The van der Waals surface area contributed by atoms with Crippen LogP contribution in [0.1, 0.15) is 58.9 Å². The van der Waals surface area contributed by atoms with Crippen LogP contribution in [0.3, 0.4) is 0 Å². The van der Waals surface area contributed by atoms with Crippen molar-refractivity contribution in [2.45, 2.75) is 39.5 Å².